The Balaban J connectivity index is 2.10. The Hall–Kier alpha value is -1.48. The first-order valence-corrected chi connectivity index (χ1v) is 4.59. The Morgan fingerprint density at radius 2 is 2.14 bits per heavy atom. The smallest absolute Gasteiger partial charge is 0.123 e. The van der Waals surface area contributed by atoms with E-state index < -0.39 is 0 Å². The van der Waals surface area contributed by atoms with Gasteiger partial charge in [0, 0.05) is 6.42 Å². The topological polar surface area (TPSA) is 52.3 Å². The molecule has 2 N–H and O–H groups in total. The molecular weight excluding hydrogens is 178 g/mol. The molecule has 1 unspecified atom stereocenters. The largest absolute Gasteiger partial charge is 0.469 e. The second-order valence-corrected chi connectivity index (χ2v) is 3.36. The predicted molar refractivity (Wildman–Crippen MR) is 52.8 cm³/mol. The van der Waals surface area contributed by atoms with E-state index in [1.807, 2.05) is 25.1 Å². The summed E-state index contributed by atoms with van der Waals surface area (Å²) in [5.74, 6) is 1.72. The van der Waals surface area contributed by atoms with Crippen molar-refractivity contribution in [3.8, 4) is 0 Å². The van der Waals surface area contributed by atoms with Gasteiger partial charge in [-0.1, -0.05) is 0 Å². The van der Waals surface area contributed by atoms with E-state index in [4.69, 9.17) is 14.6 Å². The number of furan rings is 2. The molecule has 0 amide bonds. The van der Waals surface area contributed by atoms with Crippen LogP contribution in [0.2, 0.25) is 0 Å². The van der Waals surface area contributed by atoms with Crippen LogP contribution in [0.15, 0.2) is 39.6 Å². The summed E-state index contributed by atoms with van der Waals surface area (Å²) in [6.45, 7) is 1.99. The third kappa shape index (κ3) is 1.72. The van der Waals surface area contributed by atoms with Crippen LogP contribution in [0.4, 0.5) is 0 Å². The maximum absolute atomic E-state index is 5.98. The molecule has 0 saturated heterocycles. The summed E-state index contributed by atoms with van der Waals surface area (Å²) in [5, 5.41) is 0. The average Bonchev–Trinajstić information content (AvgIpc) is 2.75. The van der Waals surface area contributed by atoms with Gasteiger partial charge in [-0.2, -0.15) is 0 Å². The molecule has 1 atom stereocenters. The summed E-state index contributed by atoms with van der Waals surface area (Å²) in [4.78, 5) is 0. The zero-order valence-corrected chi connectivity index (χ0v) is 8.07. The van der Waals surface area contributed by atoms with Crippen LogP contribution < -0.4 is 5.73 Å². The van der Waals surface area contributed by atoms with Crippen molar-refractivity contribution >= 4 is 0 Å². The fourth-order valence-electron chi connectivity index (χ4n) is 1.50. The van der Waals surface area contributed by atoms with Crippen LogP contribution in [0.1, 0.15) is 23.1 Å². The number of hydrogen-bond donors (Lipinski definition) is 1. The van der Waals surface area contributed by atoms with Gasteiger partial charge in [0.1, 0.15) is 11.5 Å². The van der Waals surface area contributed by atoms with Crippen molar-refractivity contribution < 1.29 is 8.83 Å². The number of hydrogen-bond acceptors (Lipinski definition) is 3. The van der Waals surface area contributed by atoms with E-state index in [9.17, 15) is 0 Å². The molecule has 2 aromatic rings. The van der Waals surface area contributed by atoms with Crippen molar-refractivity contribution in [3.05, 3.63) is 47.8 Å². The van der Waals surface area contributed by atoms with Gasteiger partial charge in [-0.25, -0.2) is 0 Å². The average molecular weight is 191 g/mol. The van der Waals surface area contributed by atoms with E-state index in [2.05, 4.69) is 0 Å². The molecule has 0 aliphatic carbocycles. The third-order valence-electron chi connectivity index (χ3n) is 2.24. The second-order valence-electron chi connectivity index (χ2n) is 3.36. The highest BCUT2D eigenvalue weighted by molar-refractivity contribution is 5.19. The first-order valence-electron chi connectivity index (χ1n) is 4.59. The summed E-state index contributed by atoms with van der Waals surface area (Å²) in [7, 11) is 0. The minimum atomic E-state index is -0.129. The minimum Gasteiger partial charge on any atom is -0.469 e. The monoisotopic (exact) mass is 191 g/mol. The highest BCUT2D eigenvalue weighted by Gasteiger charge is 2.13. The lowest BCUT2D eigenvalue weighted by Crippen LogP contribution is -2.13. The number of rotatable bonds is 3. The van der Waals surface area contributed by atoms with Crippen LogP contribution in [0, 0.1) is 6.92 Å². The molecule has 0 fully saturated rings. The van der Waals surface area contributed by atoms with Crippen molar-refractivity contribution in [1.29, 1.82) is 0 Å². The maximum atomic E-state index is 5.98. The van der Waals surface area contributed by atoms with Crippen LogP contribution in [0.25, 0.3) is 0 Å². The molecule has 0 spiro atoms. The van der Waals surface area contributed by atoms with Gasteiger partial charge in [0.15, 0.2) is 0 Å². The van der Waals surface area contributed by atoms with Gasteiger partial charge < -0.3 is 14.6 Å². The predicted octanol–water partition coefficient (Wildman–Crippen LogP) is 2.42. The fourth-order valence-corrected chi connectivity index (χ4v) is 1.50. The quantitative estimate of drug-likeness (QED) is 0.810. The molecule has 2 rings (SSSR count). The normalized spacial score (nSPS) is 13.0. The molecule has 2 heterocycles. The highest BCUT2D eigenvalue weighted by atomic mass is 16.3. The van der Waals surface area contributed by atoms with E-state index in [1.54, 1.807) is 12.5 Å². The van der Waals surface area contributed by atoms with Gasteiger partial charge in [0.2, 0.25) is 0 Å². The summed E-state index contributed by atoms with van der Waals surface area (Å²) < 4.78 is 10.5. The van der Waals surface area contributed by atoms with E-state index in [1.165, 1.54) is 0 Å². The van der Waals surface area contributed by atoms with Gasteiger partial charge in [0.25, 0.3) is 0 Å². The fraction of sp³-hybridized carbons (Fsp3) is 0.273. The zero-order valence-electron chi connectivity index (χ0n) is 8.07. The van der Waals surface area contributed by atoms with Crippen LogP contribution >= 0.6 is 0 Å². The molecule has 0 aliphatic heterocycles. The van der Waals surface area contributed by atoms with Crippen molar-refractivity contribution in [3.63, 3.8) is 0 Å². The van der Waals surface area contributed by atoms with E-state index in [-0.39, 0.29) is 6.04 Å². The van der Waals surface area contributed by atoms with Gasteiger partial charge >= 0.3 is 0 Å². The molecule has 74 valence electrons. The van der Waals surface area contributed by atoms with Crippen LogP contribution in [0.5, 0.6) is 0 Å². The van der Waals surface area contributed by atoms with Crippen molar-refractivity contribution in [2.45, 2.75) is 19.4 Å². The molecule has 0 saturated carbocycles. The molecule has 0 bridgehead atoms. The lowest BCUT2D eigenvalue weighted by atomic mass is 10.1. The van der Waals surface area contributed by atoms with Crippen molar-refractivity contribution in [1.82, 2.24) is 0 Å². The number of nitrogens with two attached hydrogens (primary N) is 1. The van der Waals surface area contributed by atoms with Crippen molar-refractivity contribution in [2.24, 2.45) is 5.73 Å². The van der Waals surface area contributed by atoms with Gasteiger partial charge in [0.05, 0.1) is 18.6 Å². The van der Waals surface area contributed by atoms with Crippen LogP contribution in [-0.2, 0) is 6.42 Å². The lowest BCUT2D eigenvalue weighted by Gasteiger charge is -2.07. The SMILES string of the molecule is Cc1ccoc1C(N)Cc1ccco1. The molecular formula is C11H13NO2. The third-order valence-corrected chi connectivity index (χ3v) is 2.24. The van der Waals surface area contributed by atoms with E-state index in [0.717, 1.165) is 17.1 Å². The van der Waals surface area contributed by atoms with Crippen LogP contribution in [0.3, 0.4) is 0 Å². The van der Waals surface area contributed by atoms with Gasteiger partial charge in [-0.15, -0.1) is 0 Å². The first kappa shape index (κ1) is 9.09. The summed E-state index contributed by atoms with van der Waals surface area (Å²) >= 11 is 0. The second kappa shape index (κ2) is 3.72. The summed E-state index contributed by atoms with van der Waals surface area (Å²) in [6, 6.07) is 5.56. The van der Waals surface area contributed by atoms with Crippen LogP contribution in [-0.4, -0.2) is 0 Å². The summed E-state index contributed by atoms with van der Waals surface area (Å²) in [5.41, 5.74) is 7.06. The van der Waals surface area contributed by atoms with Crippen molar-refractivity contribution in [2.75, 3.05) is 0 Å². The Labute approximate surface area is 82.5 Å². The Morgan fingerprint density at radius 1 is 1.29 bits per heavy atom. The molecule has 0 aromatic carbocycles. The number of aryl methyl sites for hydroxylation is 1. The molecule has 3 heteroatoms. The van der Waals surface area contributed by atoms with Gasteiger partial charge in [-0.3, -0.25) is 0 Å². The first-order chi connectivity index (χ1) is 6.77. The summed E-state index contributed by atoms with van der Waals surface area (Å²) in [6.07, 6.45) is 3.98. The Kier molecular flexibility index (Phi) is 2.41. The van der Waals surface area contributed by atoms with E-state index in [0.29, 0.717) is 6.42 Å². The van der Waals surface area contributed by atoms with E-state index >= 15 is 0 Å². The zero-order chi connectivity index (χ0) is 9.97. The molecule has 2 aromatic heterocycles. The standard InChI is InChI=1S/C11H13NO2/c1-8-4-6-14-11(8)10(12)7-9-3-2-5-13-9/h2-6,10H,7,12H2,1H3. The minimum absolute atomic E-state index is 0.129. The lowest BCUT2D eigenvalue weighted by molar-refractivity contribution is 0.430. The Bertz CT molecular complexity index is 389. The maximum Gasteiger partial charge on any atom is 0.123 e. The molecule has 0 radical (unpaired) electrons. The highest BCUT2D eigenvalue weighted by Crippen LogP contribution is 2.20. The molecule has 0 aliphatic rings. The molecule has 14 heavy (non-hydrogen) atoms. The Morgan fingerprint density at radius 3 is 2.71 bits per heavy atom. The van der Waals surface area contributed by atoms with Gasteiger partial charge in [-0.05, 0) is 30.7 Å². The molecule has 3 nitrogen and oxygen atoms in total.